The lowest BCUT2D eigenvalue weighted by Gasteiger charge is -2.36. The molecular formula is C13H16N2O5. The number of hydrogen-bond acceptors (Lipinski definition) is 5. The van der Waals surface area contributed by atoms with Crippen LogP contribution >= 0.6 is 0 Å². The second kappa shape index (κ2) is 5.87. The molecule has 1 heterocycles. The number of ether oxygens (including phenoxy) is 1. The van der Waals surface area contributed by atoms with E-state index in [0.29, 0.717) is 24.4 Å². The molecule has 1 aliphatic heterocycles. The monoisotopic (exact) mass is 280 g/mol. The third-order valence-electron chi connectivity index (χ3n) is 3.35. The zero-order valence-corrected chi connectivity index (χ0v) is 11.1. The van der Waals surface area contributed by atoms with E-state index in [0.717, 1.165) is 0 Å². The number of carboxylic acid groups (broad SMARTS) is 1. The van der Waals surface area contributed by atoms with Gasteiger partial charge in [-0.1, -0.05) is 12.1 Å². The summed E-state index contributed by atoms with van der Waals surface area (Å²) in [6.45, 7) is 2.81. The maximum absolute atomic E-state index is 11.2. The number of anilines is 1. The predicted molar refractivity (Wildman–Crippen MR) is 72.0 cm³/mol. The van der Waals surface area contributed by atoms with Crippen molar-refractivity contribution in [3.63, 3.8) is 0 Å². The van der Waals surface area contributed by atoms with E-state index in [4.69, 9.17) is 9.84 Å². The van der Waals surface area contributed by atoms with Crippen LogP contribution < -0.4 is 4.90 Å². The summed E-state index contributed by atoms with van der Waals surface area (Å²) >= 11 is 0. The van der Waals surface area contributed by atoms with Crippen molar-refractivity contribution in [3.05, 3.63) is 33.9 Å². The number of rotatable bonds is 4. The lowest BCUT2D eigenvalue weighted by atomic mass is 10.1. The Morgan fingerprint density at radius 3 is 3.00 bits per heavy atom. The summed E-state index contributed by atoms with van der Waals surface area (Å²) in [4.78, 5) is 23.5. The first-order valence-corrected chi connectivity index (χ1v) is 6.31. The maximum Gasteiger partial charge on any atom is 0.305 e. The normalized spacial score (nSPS) is 18.9. The second-order valence-corrected chi connectivity index (χ2v) is 4.72. The van der Waals surface area contributed by atoms with Crippen LogP contribution in [0.3, 0.4) is 0 Å². The number of morpholine rings is 1. The molecule has 0 amide bonds. The molecule has 108 valence electrons. The Kier molecular flexibility index (Phi) is 4.19. The molecule has 0 aromatic heterocycles. The molecule has 0 saturated carbocycles. The zero-order chi connectivity index (χ0) is 14.7. The molecule has 0 spiro atoms. The van der Waals surface area contributed by atoms with Crippen molar-refractivity contribution in [2.24, 2.45) is 0 Å². The third kappa shape index (κ3) is 2.88. The number of hydrogen-bond donors (Lipinski definition) is 1. The van der Waals surface area contributed by atoms with Crippen molar-refractivity contribution in [1.82, 2.24) is 0 Å². The Labute approximate surface area is 115 Å². The molecule has 20 heavy (non-hydrogen) atoms. The number of nitro benzene ring substituents is 1. The molecule has 1 aliphatic rings. The standard InChI is InChI=1S/C13H16N2O5/c1-9-3-2-4-11(13(9)15(18)19)14-5-6-20-8-10(14)7-12(16)17/h2-4,10H,5-8H2,1H3,(H,16,17). The number of aryl methyl sites for hydroxylation is 1. The van der Waals surface area contributed by atoms with Gasteiger partial charge in [-0.2, -0.15) is 0 Å². The number of aliphatic carboxylic acids is 1. The van der Waals surface area contributed by atoms with Crippen LogP contribution in [0.2, 0.25) is 0 Å². The van der Waals surface area contributed by atoms with Gasteiger partial charge in [0.1, 0.15) is 5.69 Å². The van der Waals surface area contributed by atoms with Gasteiger partial charge in [-0.15, -0.1) is 0 Å². The van der Waals surface area contributed by atoms with Crippen molar-refractivity contribution >= 4 is 17.3 Å². The number of nitrogens with zero attached hydrogens (tertiary/aromatic N) is 2. The van der Waals surface area contributed by atoms with Crippen molar-refractivity contribution in [1.29, 1.82) is 0 Å². The average Bonchev–Trinajstić information content (AvgIpc) is 2.38. The Hall–Kier alpha value is -2.15. The summed E-state index contributed by atoms with van der Waals surface area (Å²) in [7, 11) is 0. The Morgan fingerprint density at radius 1 is 1.60 bits per heavy atom. The summed E-state index contributed by atoms with van der Waals surface area (Å²) in [5.41, 5.74) is 1.06. The molecule has 0 aliphatic carbocycles. The summed E-state index contributed by atoms with van der Waals surface area (Å²) in [6.07, 6.45) is -0.106. The average molecular weight is 280 g/mol. The molecule has 1 fully saturated rings. The van der Waals surface area contributed by atoms with Crippen LogP contribution in [0.1, 0.15) is 12.0 Å². The minimum absolute atomic E-state index is 0.0322. The first-order chi connectivity index (χ1) is 9.50. The van der Waals surface area contributed by atoms with E-state index in [9.17, 15) is 14.9 Å². The highest BCUT2D eigenvalue weighted by atomic mass is 16.6. The molecule has 7 heteroatoms. The van der Waals surface area contributed by atoms with Crippen molar-refractivity contribution < 1.29 is 19.6 Å². The summed E-state index contributed by atoms with van der Waals surface area (Å²) in [5, 5.41) is 20.2. The molecular weight excluding hydrogens is 264 g/mol. The van der Waals surface area contributed by atoms with Crippen molar-refractivity contribution in [3.8, 4) is 0 Å². The summed E-state index contributed by atoms with van der Waals surface area (Å²) in [6, 6.07) is 4.69. The van der Waals surface area contributed by atoms with Gasteiger partial charge in [0.2, 0.25) is 0 Å². The van der Waals surface area contributed by atoms with Gasteiger partial charge in [-0.25, -0.2) is 0 Å². The number of nitro groups is 1. The first-order valence-electron chi connectivity index (χ1n) is 6.31. The minimum Gasteiger partial charge on any atom is -0.481 e. The van der Waals surface area contributed by atoms with E-state index in [1.165, 1.54) is 0 Å². The van der Waals surface area contributed by atoms with E-state index < -0.39 is 10.9 Å². The lowest BCUT2D eigenvalue weighted by molar-refractivity contribution is -0.384. The Morgan fingerprint density at radius 2 is 2.35 bits per heavy atom. The van der Waals surface area contributed by atoms with Gasteiger partial charge in [-0.05, 0) is 13.0 Å². The highest BCUT2D eigenvalue weighted by Gasteiger charge is 2.30. The van der Waals surface area contributed by atoms with Crippen LogP contribution in [0.15, 0.2) is 18.2 Å². The van der Waals surface area contributed by atoms with Crippen LogP contribution in [0.25, 0.3) is 0 Å². The lowest BCUT2D eigenvalue weighted by Crippen LogP contribution is -2.47. The fourth-order valence-corrected chi connectivity index (χ4v) is 2.46. The van der Waals surface area contributed by atoms with Gasteiger partial charge in [0.25, 0.3) is 5.69 Å². The fourth-order valence-electron chi connectivity index (χ4n) is 2.46. The maximum atomic E-state index is 11.2. The van der Waals surface area contributed by atoms with Crippen LogP contribution in [0.5, 0.6) is 0 Å². The minimum atomic E-state index is -0.944. The van der Waals surface area contributed by atoms with E-state index in [1.807, 2.05) is 0 Å². The number of carboxylic acids is 1. The third-order valence-corrected chi connectivity index (χ3v) is 3.35. The van der Waals surface area contributed by atoms with Crippen molar-refractivity contribution in [2.75, 3.05) is 24.7 Å². The van der Waals surface area contributed by atoms with Gasteiger partial charge in [0.15, 0.2) is 0 Å². The number of carbonyl (C=O) groups is 1. The highest BCUT2D eigenvalue weighted by Crippen LogP contribution is 2.33. The first kappa shape index (κ1) is 14.3. The number of para-hydroxylation sites is 1. The Balaban J connectivity index is 2.39. The second-order valence-electron chi connectivity index (χ2n) is 4.72. The molecule has 0 bridgehead atoms. The molecule has 1 aromatic carbocycles. The van der Waals surface area contributed by atoms with Gasteiger partial charge < -0.3 is 14.7 Å². The molecule has 2 rings (SSSR count). The van der Waals surface area contributed by atoms with Crippen LogP contribution in [-0.2, 0) is 9.53 Å². The summed E-state index contributed by atoms with van der Waals surface area (Å²) in [5.74, 6) is -0.944. The van der Waals surface area contributed by atoms with E-state index >= 15 is 0 Å². The largest absolute Gasteiger partial charge is 0.481 e. The molecule has 1 aromatic rings. The smallest absolute Gasteiger partial charge is 0.305 e. The Bertz CT molecular complexity index is 531. The molecule has 7 nitrogen and oxygen atoms in total. The zero-order valence-electron chi connectivity index (χ0n) is 11.1. The molecule has 1 unspecified atom stereocenters. The van der Waals surface area contributed by atoms with Gasteiger partial charge >= 0.3 is 5.97 Å². The SMILES string of the molecule is Cc1cccc(N2CCOCC2CC(=O)O)c1[N+](=O)[O-]. The van der Waals surface area contributed by atoms with Crippen LogP contribution in [0, 0.1) is 17.0 Å². The van der Waals surface area contributed by atoms with E-state index in [-0.39, 0.29) is 24.8 Å². The topological polar surface area (TPSA) is 92.9 Å². The van der Waals surface area contributed by atoms with Gasteiger partial charge in [0.05, 0.1) is 30.6 Å². The van der Waals surface area contributed by atoms with Crippen molar-refractivity contribution in [2.45, 2.75) is 19.4 Å². The molecule has 1 N–H and O–H groups in total. The summed E-state index contributed by atoms with van der Waals surface area (Å²) < 4.78 is 5.29. The molecule has 0 radical (unpaired) electrons. The molecule has 1 saturated heterocycles. The van der Waals surface area contributed by atoms with Crippen LogP contribution in [-0.4, -0.2) is 41.8 Å². The highest BCUT2D eigenvalue weighted by molar-refractivity contribution is 5.71. The van der Waals surface area contributed by atoms with E-state index in [2.05, 4.69) is 0 Å². The quantitative estimate of drug-likeness (QED) is 0.665. The van der Waals surface area contributed by atoms with Gasteiger partial charge in [0, 0.05) is 12.1 Å². The van der Waals surface area contributed by atoms with Crippen LogP contribution in [0.4, 0.5) is 11.4 Å². The van der Waals surface area contributed by atoms with E-state index in [1.54, 1.807) is 30.0 Å². The molecule has 1 atom stereocenters. The predicted octanol–water partition coefficient (Wildman–Crippen LogP) is 1.58. The van der Waals surface area contributed by atoms with Gasteiger partial charge in [-0.3, -0.25) is 14.9 Å². The number of benzene rings is 1. The fraction of sp³-hybridized carbons (Fsp3) is 0.462.